The van der Waals surface area contributed by atoms with Crippen molar-refractivity contribution in [3.05, 3.63) is 93.5 Å². The van der Waals surface area contributed by atoms with Crippen molar-refractivity contribution in [2.24, 2.45) is 5.92 Å². The molecule has 38 heavy (non-hydrogen) atoms. The highest BCUT2D eigenvalue weighted by molar-refractivity contribution is 6.36. The summed E-state index contributed by atoms with van der Waals surface area (Å²) in [5.41, 5.74) is 3.86. The Kier molecular flexibility index (Phi) is 7.82. The largest absolute Gasteiger partial charge is 0.497 e. The number of rotatable bonds is 5. The number of hydrogen-bond donors (Lipinski definition) is 0. The lowest BCUT2D eigenvalue weighted by Gasteiger charge is -2.38. The fraction of sp³-hybridized carbons (Fsp3) is 0.333. The first-order valence-corrected chi connectivity index (χ1v) is 13.6. The molecule has 8 heteroatoms. The van der Waals surface area contributed by atoms with Gasteiger partial charge in [0.15, 0.2) is 0 Å². The summed E-state index contributed by atoms with van der Waals surface area (Å²) in [7, 11) is 1.63. The zero-order valence-corrected chi connectivity index (χ0v) is 23.1. The zero-order valence-electron chi connectivity index (χ0n) is 21.6. The van der Waals surface area contributed by atoms with Gasteiger partial charge in [0.05, 0.1) is 23.6 Å². The maximum atomic E-state index is 13.9. The number of likely N-dealkylation sites (tertiary alicyclic amines) is 1. The molecule has 0 radical (unpaired) electrons. The molecule has 0 N–H and O–H groups in total. The van der Waals surface area contributed by atoms with Crippen LogP contribution in [0.15, 0.2) is 66.7 Å². The number of halogens is 2. The molecule has 0 spiro atoms. The van der Waals surface area contributed by atoms with Crippen LogP contribution in [0.4, 0.5) is 5.69 Å². The molecule has 6 nitrogen and oxygen atoms in total. The van der Waals surface area contributed by atoms with Gasteiger partial charge in [-0.2, -0.15) is 0 Å². The molecule has 0 saturated carbocycles. The van der Waals surface area contributed by atoms with E-state index in [-0.39, 0.29) is 23.7 Å². The molecule has 2 atom stereocenters. The van der Waals surface area contributed by atoms with Crippen molar-refractivity contribution in [1.29, 1.82) is 0 Å². The van der Waals surface area contributed by atoms with Crippen LogP contribution in [0, 0.1) is 12.8 Å². The Bertz CT molecular complexity index is 1320. The molecule has 3 aromatic carbocycles. The number of carbonyl (C=O) groups excluding carboxylic acids is 2. The molecule has 198 valence electrons. The third kappa shape index (κ3) is 5.33. The molecule has 2 fully saturated rings. The first-order chi connectivity index (χ1) is 18.4. The molecular formula is C30H31Cl2N3O3. The number of carbonyl (C=O) groups is 2. The molecule has 2 heterocycles. The van der Waals surface area contributed by atoms with Crippen molar-refractivity contribution in [3.8, 4) is 5.75 Å². The van der Waals surface area contributed by atoms with Gasteiger partial charge in [-0.3, -0.25) is 9.59 Å². The number of hydrogen-bond acceptors (Lipinski definition) is 4. The number of ether oxygens (including phenoxy) is 1. The number of anilines is 1. The van der Waals surface area contributed by atoms with Gasteiger partial charge in [0.2, 0.25) is 5.91 Å². The van der Waals surface area contributed by atoms with Crippen LogP contribution in [0.2, 0.25) is 10.0 Å². The average Bonchev–Trinajstić information content (AvgIpc) is 3.38. The molecule has 2 aliphatic heterocycles. The fourth-order valence-electron chi connectivity index (χ4n) is 5.56. The van der Waals surface area contributed by atoms with E-state index in [0.717, 1.165) is 24.4 Å². The summed E-state index contributed by atoms with van der Waals surface area (Å²) in [5.74, 6) is 0.182. The van der Waals surface area contributed by atoms with Gasteiger partial charge in [0, 0.05) is 55.9 Å². The predicted octanol–water partition coefficient (Wildman–Crippen LogP) is 5.52. The van der Waals surface area contributed by atoms with Gasteiger partial charge < -0.3 is 19.4 Å². The summed E-state index contributed by atoms with van der Waals surface area (Å²) in [6, 6.07) is 21.0. The molecular weight excluding hydrogens is 521 g/mol. The van der Waals surface area contributed by atoms with Gasteiger partial charge in [-0.1, -0.05) is 53.5 Å². The maximum absolute atomic E-state index is 13.9. The van der Waals surface area contributed by atoms with E-state index in [1.165, 1.54) is 11.3 Å². The summed E-state index contributed by atoms with van der Waals surface area (Å²) in [6.45, 7) is 5.74. The van der Waals surface area contributed by atoms with Gasteiger partial charge >= 0.3 is 0 Å². The van der Waals surface area contributed by atoms with Gasteiger partial charge in [-0.15, -0.1) is 0 Å². The zero-order chi connectivity index (χ0) is 26.8. The Morgan fingerprint density at radius 1 is 0.868 bits per heavy atom. The highest BCUT2D eigenvalue weighted by atomic mass is 35.5. The number of piperazine rings is 1. The van der Waals surface area contributed by atoms with E-state index in [1.54, 1.807) is 30.2 Å². The molecule has 2 aliphatic rings. The van der Waals surface area contributed by atoms with Crippen molar-refractivity contribution >= 4 is 40.7 Å². The maximum Gasteiger partial charge on any atom is 0.255 e. The second kappa shape index (κ2) is 11.3. The standard InChI is InChI=1S/C30H31Cl2N3O3/c1-20-5-3-4-6-28(20)33-13-15-34(16-14-33)30(37)26-19-35(29(36)24-12-9-22(31)17-27(24)32)18-25(26)21-7-10-23(38-2)11-8-21/h3-12,17,25-26H,13-16,18-19H2,1-2H3. The smallest absolute Gasteiger partial charge is 0.255 e. The average molecular weight is 553 g/mol. The minimum absolute atomic E-state index is 0.0905. The SMILES string of the molecule is COc1ccc(C2CN(C(=O)c3ccc(Cl)cc3Cl)CC2C(=O)N2CCN(c3ccccc3C)CC2)cc1. The highest BCUT2D eigenvalue weighted by Crippen LogP contribution is 2.37. The Labute approximate surface area is 233 Å². The van der Waals surface area contributed by atoms with Gasteiger partial charge in [-0.25, -0.2) is 0 Å². The van der Waals surface area contributed by atoms with Crippen molar-refractivity contribution in [2.75, 3.05) is 51.3 Å². The van der Waals surface area contributed by atoms with Crippen LogP contribution < -0.4 is 9.64 Å². The van der Waals surface area contributed by atoms with Gasteiger partial charge in [0.25, 0.3) is 5.91 Å². The molecule has 5 rings (SSSR count). The topological polar surface area (TPSA) is 53.1 Å². The molecule has 0 aliphatic carbocycles. The van der Waals surface area contributed by atoms with E-state index in [1.807, 2.05) is 35.2 Å². The molecule has 2 unspecified atom stereocenters. The highest BCUT2D eigenvalue weighted by Gasteiger charge is 2.43. The summed E-state index contributed by atoms with van der Waals surface area (Å²) >= 11 is 12.4. The van der Waals surface area contributed by atoms with Crippen LogP contribution in [0.3, 0.4) is 0 Å². The molecule has 2 saturated heterocycles. The number of para-hydroxylation sites is 1. The van der Waals surface area contributed by atoms with E-state index in [0.29, 0.717) is 41.8 Å². The lowest BCUT2D eigenvalue weighted by molar-refractivity contribution is -0.135. The van der Waals surface area contributed by atoms with Crippen molar-refractivity contribution in [1.82, 2.24) is 9.80 Å². The quantitative estimate of drug-likeness (QED) is 0.419. The first kappa shape index (κ1) is 26.4. The number of aryl methyl sites for hydroxylation is 1. The third-order valence-corrected chi connectivity index (χ3v) is 8.23. The second-order valence-corrected chi connectivity index (χ2v) is 10.8. The Morgan fingerprint density at radius 3 is 2.24 bits per heavy atom. The minimum Gasteiger partial charge on any atom is -0.497 e. The first-order valence-electron chi connectivity index (χ1n) is 12.8. The van der Waals surface area contributed by atoms with Crippen molar-refractivity contribution in [3.63, 3.8) is 0 Å². The van der Waals surface area contributed by atoms with Crippen molar-refractivity contribution < 1.29 is 14.3 Å². The lowest BCUT2D eigenvalue weighted by Crippen LogP contribution is -2.51. The number of nitrogens with zero attached hydrogens (tertiary/aromatic N) is 3. The van der Waals surface area contributed by atoms with E-state index >= 15 is 0 Å². The van der Waals surface area contributed by atoms with E-state index in [4.69, 9.17) is 27.9 Å². The Balaban J connectivity index is 1.36. The lowest BCUT2D eigenvalue weighted by atomic mass is 9.87. The molecule has 0 aromatic heterocycles. The van der Waals surface area contributed by atoms with E-state index in [9.17, 15) is 9.59 Å². The van der Waals surface area contributed by atoms with Crippen LogP contribution in [0.25, 0.3) is 0 Å². The summed E-state index contributed by atoms with van der Waals surface area (Å²) < 4.78 is 5.33. The Hall–Kier alpha value is -3.22. The number of methoxy groups -OCH3 is 1. The van der Waals surface area contributed by atoms with E-state index < -0.39 is 0 Å². The fourth-order valence-corrected chi connectivity index (χ4v) is 6.05. The van der Waals surface area contributed by atoms with Crippen LogP contribution in [-0.2, 0) is 4.79 Å². The van der Waals surface area contributed by atoms with Gasteiger partial charge in [0.1, 0.15) is 5.75 Å². The third-order valence-electron chi connectivity index (χ3n) is 7.68. The monoisotopic (exact) mass is 551 g/mol. The molecule has 3 aromatic rings. The minimum atomic E-state index is -0.344. The molecule has 0 bridgehead atoms. The number of benzene rings is 3. The van der Waals surface area contributed by atoms with Gasteiger partial charge in [-0.05, 0) is 54.4 Å². The Morgan fingerprint density at radius 2 is 1.58 bits per heavy atom. The normalized spacial score (nSPS) is 19.5. The van der Waals surface area contributed by atoms with Crippen LogP contribution in [-0.4, -0.2) is 68.0 Å². The van der Waals surface area contributed by atoms with Crippen molar-refractivity contribution in [2.45, 2.75) is 12.8 Å². The summed E-state index contributed by atoms with van der Waals surface area (Å²) in [4.78, 5) is 33.5. The second-order valence-electron chi connectivity index (χ2n) is 9.92. The predicted molar refractivity (Wildman–Crippen MR) is 152 cm³/mol. The summed E-state index contributed by atoms with van der Waals surface area (Å²) in [5, 5.41) is 0.785. The van der Waals surface area contributed by atoms with Crippen LogP contribution in [0.1, 0.15) is 27.4 Å². The van der Waals surface area contributed by atoms with Crippen LogP contribution in [0.5, 0.6) is 5.75 Å². The van der Waals surface area contributed by atoms with E-state index in [2.05, 4.69) is 30.0 Å². The van der Waals surface area contributed by atoms with Crippen LogP contribution >= 0.6 is 23.2 Å². The number of amides is 2. The molecule has 2 amide bonds. The summed E-state index contributed by atoms with van der Waals surface area (Å²) in [6.07, 6.45) is 0.